The van der Waals surface area contributed by atoms with Crippen LogP contribution >= 0.6 is 23.5 Å². The van der Waals surface area contributed by atoms with Gasteiger partial charge in [0, 0.05) is 48.8 Å². The molecule has 37 heavy (non-hydrogen) atoms. The van der Waals surface area contributed by atoms with Crippen LogP contribution in [0.15, 0.2) is 58.3 Å². The summed E-state index contributed by atoms with van der Waals surface area (Å²) in [5.74, 6) is -1.64. The number of ether oxygens (including phenoxy) is 3. The third-order valence-electron chi connectivity index (χ3n) is 5.22. The Morgan fingerprint density at radius 1 is 0.784 bits per heavy atom. The van der Waals surface area contributed by atoms with Gasteiger partial charge < -0.3 is 14.2 Å². The summed E-state index contributed by atoms with van der Waals surface area (Å²) in [5.41, 5.74) is 0.767. The van der Waals surface area contributed by atoms with Crippen LogP contribution in [0.3, 0.4) is 0 Å². The highest BCUT2D eigenvalue weighted by atomic mass is 32.2. The molecule has 0 spiro atoms. The third-order valence-corrected chi connectivity index (χ3v) is 9.21. The summed E-state index contributed by atoms with van der Waals surface area (Å²) >= 11 is 2.76. The van der Waals surface area contributed by atoms with Crippen molar-refractivity contribution in [2.75, 3.05) is 12.0 Å². The van der Waals surface area contributed by atoms with Gasteiger partial charge in [-0.25, -0.2) is 8.42 Å². The number of rotatable bonds is 8. The number of benzene rings is 2. The maximum Gasteiger partial charge on any atom is 0.303 e. The molecule has 1 aliphatic heterocycles. The molecule has 1 fully saturated rings. The number of ketones is 1. The van der Waals surface area contributed by atoms with E-state index in [2.05, 4.69) is 0 Å². The summed E-state index contributed by atoms with van der Waals surface area (Å²) in [6, 6.07) is 12.5. The van der Waals surface area contributed by atoms with Crippen LogP contribution in [0.2, 0.25) is 0 Å². The molecule has 0 radical (unpaired) electrons. The maximum atomic E-state index is 12.8. The third kappa shape index (κ3) is 7.83. The lowest BCUT2D eigenvalue weighted by molar-refractivity contribution is -0.180. The van der Waals surface area contributed by atoms with E-state index < -0.39 is 46.1 Å². The molecule has 0 aliphatic carbocycles. The Labute approximate surface area is 223 Å². The van der Waals surface area contributed by atoms with Crippen LogP contribution in [0, 0.1) is 0 Å². The van der Waals surface area contributed by atoms with Gasteiger partial charge in [0.15, 0.2) is 33.9 Å². The second-order valence-electron chi connectivity index (χ2n) is 8.27. The fourth-order valence-corrected chi connectivity index (χ4v) is 7.06. The number of thioether (sulfide) groups is 2. The smallest absolute Gasteiger partial charge is 0.303 e. The van der Waals surface area contributed by atoms with Crippen molar-refractivity contribution in [3.8, 4) is 0 Å². The van der Waals surface area contributed by atoms with E-state index in [1.165, 1.54) is 68.6 Å². The van der Waals surface area contributed by atoms with Crippen LogP contribution in [-0.4, -0.2) is 67.0 Å². The fraction of sp³-hybridized carbons (Fsp3) is 0.360. The minimum Gasteiger partial charge on any atom is -0.458 e. The minimum atomic E-state index is -3.36. The first-order valence-corrected chi connectivity index (χ1v) is 14.9. The lowest BCUT2D eigenvalue weighted by Gasteiger charge is -2.39. The summed E-state index contributed by atoms with van der Waals surface area (Å²) in [4.78, 5) is 48.9. The minimum absolute atomic E-state index is 0.131. The van der Waals surface area contributed by atoms with Gasteiger partial charge in [0.1, 0.15) is 0 Å². The highest BCUT2D eigenvalue weighted by molar-refractivity contribution is 8.17. The van der Waals surface area contributed by atoms with Crippen molar-refractivity contribution in [3.05, 3.63) is 59.7 Å². The van der Waals surface area contributed by atoms with E-state index in [1.54, 1.807) is 24.3 Å². The molecule has 0 amide bonds. The van der Waals surface area contributed by atoms with E-state index in [-0.39, 0.29) is 15.3 Å². The largest absolute Gasteiger partial charge is 0.458 e. The normalized spacial score (nSPS) is 21.5. The fourth-order valence-electron chi connectivity index (χ4n) is 3.65. The van der Waals surface area contributed by atoms with E-state index in [1.807, 2.05) is 0 Å². The quantitative estimate of drug-likeness (QED) is 0.265. The van der Waals surface area contributed by atoms with Crippen molar-refractivity contribution in [3.63, 3.8) is 0 Å². The van der Waals surface area contributed by atoms with E-state index in [0.717, 1.165) is 11.2 Å². The molecule has 1 aliphatic rings. The second-order valence-corrected chi connectivity index (χ2v) is 13.0. The van der Waals surface area contributed by atoms with Crippen LogP contribution in [-0.2, 0) is 38.4 Å². The molecule has 12 heteroatoms. The van der Waals surface area contributed by atoms with Crippen LogP contribution in [0.4, 0.5) is 0 Å². The standard InChI is InChI=1S/C25H26O9S3/c1-14(26)32-21-13-35-25(24(34-16(3)28)23(21)33-15(2)27)36-19-9-5-17(6-10-19)22(29)18-7-11-20(12-8-18)37(4,30)31/h5-12,21,23-25H,13H2,1-4H3/t21-,23+,24-,25-/m1/s1. The molecule has 1 heterocycles. The van der Waals surface area contributed by atoms with Crippen molar-refractivity contribution in [1.29, 1.82) is 0 Å². The van der Waals surface area contributed by atoms with Crippen LogP contribution < -0.4 is 0 Å². The van der Waals surface area contributed by atoms with Crippen LogP contribution in [0.1, 0.15) is 36.7 Å². The molecule has 198 valence electrons. The molecule has 0 saturated carbocycles. The van der Waals surface area contributed by atoms with Crippen LogP contribution in [0.25, 0.3) is 0 Å². The first kappa shape index (κ1) is 28.7. The monoisotopic (exact) mass is 566 g/mol. The SMILES string of the molecule is CC(=O)O[C@@H]1[C@@H](OC(C)=O)[C@@H](Sc2ccc(C(=O)c3ccc(S(C)(=O)=O)cc3)cc2)SC[C@H]1OC(C)=O. The molecule has 2 aromatic carbocycles. The maximum absolute atomic E-state index is 12.8. The summed E-state index contributed by atoms with van der Waals surface area (Å²) in [6.45, 7) is 3.72. The first-order valence-electron chi connectivity index (χ1n) is 11.1. The van der Waals surface area contributed by atoms with Gasteiger partial charge in [-0.05, 0) is 48.5 Å². The summed E-state index contributed by atoms with van der Waals surface area (Å²) < 4.78 is 39.1. The Kier molecular flexibility index (Phi) is 9.43. The Balaban J connectivity index is 1.78. The van der Waals surface area contributed by atoms with Crippen molar-refractivity contribution in [2.24, 2.45) is 0 Å². The number of carbonyl (C=O) groups is 4. The van der Waals surface area contributed by atoms with Gasteiger partial charge in [0.25, 0.3) is 0 Å². The van der Waals surface area contributed by atoms with Crippen LogP contribution in [0.5, 0.6) is 0 Å². The van der Waals surface area contributed by atoms with Crippen molar-refractivity contribution >= 4 is 57.1 Å². The first-order chi connectivity index (χ1) is 17.3. The molecule has 0 aromatic heterocycles. The topological polar surface area (TPSA) is 130 Å². The lowest BCUT2D eigenvalue weighted by atomic mass is 10.0. The average molecular weight is 567 g/mol. The van der Waals surface area contributed by atoms with Gasteiger partial charge >= 0.3 is 17.9 Å². The molecule has 0 bridgehead atoms. The highest BCUT2D eigenvalue weighted by Crippen LogP contribution is 2.41. The van der Waals surface area contributed by atoms with Gasteiger partial charge in [0.2, 0.25) is 0 Å². The average Bonchev–Trinajstić information content (AvgIpc) is 2.81. The highest BCUT2D eigenvalue weighted by Gasteiger charge is 2.46. The number of esters is 3. The lowest BCUT2D eigenvalue weighted by Crippen LogP contribution is -2.53. The van der Waals surface area contributed by atoms with E-state index in [4.69, 9.17) is 14.2 Å². The number of carbonyl (C=O) groups excluding carboxylic acids is 4. The molecular weight excluding hydrogens is 540 g/mol. The summed E-state index contributed by atoms with van der Waals surface area (Å²) in [5, 5.41) is 0. The molecule has 2 aromatic rings. The predicted molar refractivity (Wildman–Crippen MR) is 138 cm³/mol. The van der Waals surface area contributed by atoms with Gasteiger partial charge in [-0.3, -0.25) is 19.2 Å². The molecular formula is C25H26O9S3. The van der Waals surface area contributed by atoms with Gasteiger partial charge in [0.05, 0.1) is 9.48 Å². The zero-order valence-corrected chi connectivity index (χ0v) is 23.0. The second kappa shape index (κ2) is 12.1. The molecule has 0 N–H and O–H groups in total. The molecule has 3 rings (SSSR count). The number of hydrogen-bond acceptors (Lipinski definition) is 11. The summed E-state index contributed by atoms with van der Waals surface area (Å²) in [6.07, 6.45) is -1.53. The Morgan fingerprint density at radius 2 is 1.27 bits per heavy atom. The van der Waals surface area contributed by atoms with E-state index in [9.17, 15) is 27.6 Å². The molecule has 0 unspecified atom stereocenters. The molecule has 1 saturated heterocycles. The van der Waals surface area contributed by atoms with Crippen molar-refractivity contribution in [1.82, 2.24) is 0 Å². The zero-order valence-electron chi connectivity index (χ0n) is 20.5. The summed E-state index contributed by atoms with van der Waals surface area (Å²) in [7, 11) is -3.36. The Bertz CT molecular complexity index is 1270. The molecule has 9 nitrogen and oxygen atoms in total. The number of hydrogen-bond donors (Lipinski definition) is 0. The Hall–Kier alpha value is -2.83. The van der Waals surface area contributed by atoms with Gasteiger partial charge in [-0.1, -0.05) is 0 Å². The van der Waals surface area contributed by atoms with Gasteiger partial charge in [-0.2, -0.15) is 0 Å². The predicted octanol–water partition coefficient (Wildman–Crippen LogP) is 3.28. The van der Waals surface area contributed by atoms with E-state index >= 15 is 0 Å². The molecule has 4 atom stereocenters. The Morgan fingerprint density at radius 3 is 1.76 bits per heavy atom. The van der Waals surface area contributed by atoms with Crippen molar-refractivity contribution in [2.45, 2.75) is 53.5 Å². The van der Waals surface area contributed by atoms with Crippen molar-refractivity contribution < 1.29 is 41.8 Å². The number of sulfone groups is 1. The zero-order chi connectivity index (χ0) is 27.3. The van der Waals surface area contributed by atoms with Gasteiger partial charge in [-0.15, -0.1) is 23.5 Å². The van der Waals surface area contributed by atoms with E-state index in [0.29, 0.717) is 16.9 Å².